The Labute approximate surface area is 134 Å². The van der Waals surface area contributed by atoms with E-state index in [1.165, 1.54) is 6.07 Å². The number of hydrogen-bond donors (Lipinski definition) is 0. The van der Waals surface area contributed by atoms with Gasteiger partial charge in [0.15, 0.2) is 0 Å². The highest BCUT2D eigenvalue weighted by Crippen LogP contribution is 2.28. The molecular weight excluding hydrogens is 275 g/mol. The Hall–Kier alpha value is -1.44. The first-order chi connectivity index (χ1) is 10.5. The average Bonchev–Trinajstić information content (AvgIpc) is 2.49. The van der Waals surface area contributed by atoms with Crippen LogP contribution >= 0.6 is 0 Å². The zero-order valence-electron chi connectivity index (χ0n) is 14.4. The van der Waals surface area contributed by atoms with Crippen LogP contribution in [0.15, 0.2) is 23.8 Å². The molecule has 0 atom stereocenters. The van der Waals surface area contributed by atoms with Crippen molar-refractivity contribution in [1.29, 1.82) is 0 Å². The molecule has 122 valence electrons. The average molecular weight is 304 g/mol. The Balaban J connectivity index is 3.19. The summed E-state index contributed by atoms with van der Waals surface area (Å²) >= 11 is 0. The highest BCUT2D eigenvalue weighted by molar-refractivity contribution is 5.82. The zero-order chi connectivity index (χ0) is 16.5. The standard InChI is InChI=1S/C20H29FO/c1-5-8-16(9-6-2)17(14-19(22)7-3)13-18-12-15(4)10-11-20(18)21/h10-13,16H,5-9,14H2,1-4H3. The van der Waals surface area contributed by atoms with Crippen LogP contribution in [-0.2, 0) is 4.79 Å². The summed E-state index contributed by atoms with van der Waals surface area (Å²) in [4.78, 5) is 11.9. The Bertz CT molecular complexity index is 510. The van der Waals surface area contributed by atoms with Crippen LogP contribution < -0.4 is 0 Å². The monoisotopic (exact) mass is 304 g/mol. The van der Waals surface area contributed by atoms with Crippen LogP contribution in [0, 0.1) is 18.7 Å². The number of rotatable bonds is 9. The van der Waals surface area contributed by atoms with Crippen molar-refractivity contribution < 1.29 is 9.18 Å². The summed E-state index contributed by atoms with van der Waals surface area (Å²) in [7, 11) is 0. The third kappa shape index (κ3) is 5.75. The van der Waals surface area contributed by atoms with E-state index in [0.29, 0.717) is 24.3 Å². The number of ketones is 1. The molecule has 0 unspecified atom stereocenters. The summed E-state index contributed by atoms with van der Waals surface area (Å²) in [5.41, 5.74) is 2.74. The number of carbonyl (C=O) groups excluding carboxylic acids is 1. The van der Waals surface area contributed by atoms with E-state index in [1.54, 1.807) is 6.07 Å². The molecule has 0 N–H and O–H groups in total. The van der Waals surface area contributed by atoms with E-state index in [1.807, 2.05) is 26.0 Å². The van der Waals surface area contributed by atoms with Gasteiger partial charge in [-0.15, -0.1) is 0 Å². The Morgan fingerprint density at radius 2 is 1.82 bits per heavy atom. The maximum Gasteiger partial charge on any atom is 0.136 e. The van der Waals surface area contributed by atoms with Gasteiger partial charge in [-0.2, -0.15) is 0 Å². The van der Waals surface area contributed by atoms with Crippen molar-refractivity contribution in [2.24, 2.45) is 5.92 Å². The molecule has 1 rings (SSSR count). The first-order valence-electron chi connectivity index (χ1n) is 8.50. The van der Waals surface area contributed by atoms with Crippen molar-refractivity contribution in [2.45, 2.75) is 66.2 Å². The lowest BCUT2D eigenvalue weighted by Gasteiger charge is -2.19. The van der Waals surface area contributed by atoms with E-state index in [4.69, 9.17) is 0 Å². The lowest BCUT2D eigenvalue weighted by Crippen LogP contribution is -2.09. The summed E-state index contributed by atoms with van der Waals surface area (Å²) in [5, 5.41) is 0. The number of Topliss-reactive ketones (excluding diaryl/α,β-unsaturated/α-hetero) is 1. The summed E-state index contributed by atoms with van der Waals surface area (Å²) in [6, 6.07) is 5.15. The Kier molecular flexibility index (Phi) is 8.08. The van der Waals surface area contributed by atoms with Gasteiger partial charge in [0, 0.05) is 18.4 Å². The molecule has 2 heteroatoms. The second-order valence-electron chi connectivity index (χ2n) is 6.09. The highest BCUT2D eigenvalue weighted by atomic mass is 19.1. The van der Waals surface area contributed by atoms with Gasteiger partial charge >= 0.3 is 0 Å². The van der Waals surface area contributed by atoms with Crippen LogP contribution in [0.3, 0.4) is 0 Å². The van der Waals surface area contributed by atoms with E-state index in [2.05, 4.69) is 13.8 Å². The van der Waals surface area contributed by atoms with Crippen molar-refractivity contribution in [3.8, 4) is 0 Å². The van der Waals surface area contributed by atoms with Crippen molar-refractivity contribution >= 4 is 11.9 Å². The molecule has 0 bridgehead atoms. The van der Waals surface area contributed by atoms with Crippen LogP contribution in [0.1, 0.15) is 70.4 Å². The van der Waals surface area contributed by atoms with E-state index < -0.39 is 0 Å². The third-order valence-corrected chi connectivity index (χ3v) is 4.09. The summed E-state index contributed by atoms with van der Waals surface area (Å²) in [5.74, 6) is 0.403. The second-order valence-corrected chi connectivity index (χ2v) is 6.09. The maximum atomic E-state index is 14.1. The number of aryl methyl sites for hydroxylation is 1. The molecule has 0 saturated carbocycles. The van der Waals surface area contributed by atoms with Crippen molar-refractivity contribution in [2.75, 3.05) is 0 Å². The molecule has 0 heterocycles. The number of allylic oxidation sites excluding steroid dienone is 1. The summed E-state index contributed by atoms with van der Waals surface area (Å²) in [6.45, 7) is 8.18. The lowest BCUT2D eigenvalue weighted by atomic mass is 9.85. The van der Waals surface area contributed by atoms with Crippen molar-refractivity contribution in [3.05, 3.63) is 40.7 Å². The van der Waals surface area contributed by atoms with Crippen LogP contribution in [-0.4, -0.2) is 5.78 Å². The fraction of sp³-hybridized carbons (Fsp3) is 0.550. The second kappa shape index (κ2) is 9.55. The van der Waals surface area contributed by atoms with Crippen LogP contribution in [0.25, 0.3) is 6.08 Å². The molecule has 0 amide bonds. The minimum absolute atomic E-state index is 0.209. The summed E-state index contributed by atoms with van der Waals surface area (Å²) < 4.78 is 14.1. The molecule has 0 radical (unpaired) electrons. The van der Waals surface area contributed by atoms with Crippen LogP contribution in [0.2, 0.25) is 0 Å². The highest BCUT2D eigenvalue weighted by Gasteiger charge is 2.16. The van der Waals surface area contributed by atoms with Gasteiger partial charge < -0.3 is 0 Å². The molecule has 1 aromatic rings. The molecule has 0 aliphatic carbocycles. The van der Waals surface area contributed by atoms with Gasteiger partial charge in [0.1, 0.15) is 11.6 Å². The smallest absolute Gasteiger partial charge is 0.136 e. The molecular formula is C20H29FO. The van der Waals surface area contributed by atoms with Gasteiger partial charge in [0.2, 0.25) is 0 Å². The van der Waals surface area contributed by atoms with Gasteiger partial charge in [0.05, 0.1) is 0 Å². The maximum absolute atomic E-state index is 14.1. The third-order valence-electron chi connectivity index (χ3n) is 4.09. The number of benzene rings is 1. The van der Waals surface area contributed by atoms with Crippen LogP contribution in [0.5, 0.6) is 0 Å². The van der Waals surface area contributed by atoms with Gasteiger partial charge in [-0.3, -0.25) is 4.79 Å². The quantitative estimate of drug-likeness (QED) is 0.538. The lowest BCUT2D eigenvalue weighted by molar-refractivity contribution is -0.118. The Morgan fingerprint density at radius 1 is 1.18 bits per heavy atom. The first-order valence-corrected chi connectivity index (χ1v) is 8.50. The number of carbonyl (C=O) groups is 1. The van der Waals surface area contributed by atoms with Crippen molar-refractivity contribution in [1.82, 2.24) is 0 Å². The minimum atomic E-state index is -0.209. The molecule has 0 aromatic heterocycles. The largest absolute Gasteiger partial charge is 0.299 e. The van der Waals surface area contributed by atoms with Gasteiger partial charge in [-0.05, 0) is 37.8 Å². The van der Waals surface area contributed by atoms with Gasteiger partial charge in [-0.25, -0.2) is 4.39 Å². The molecule has 22 heavy (non-hydrogen) atoms. The Morgan fingerprint density at radius 3 is 2.36 bits per heavy atom. The normalized spacial score (nSPS) is 12.0. The van der Waals surface area contributed by atoms with Gasteiger partial charge in [-0.1, -0.05) is 56.9 Å². The van der Waals surface area contributed by atoms with Crippen molar-refractivity contribution in [3.63, 3.8) is 0 Å². The fourth-order valence-electron chi connectivity index (χ4n) is 2.85. The van der Waals surface area contributed by atoms with Gasteiger partial charge in [0.25, 0.3) is 0 Å². The van der Waals surface area contributed by atoms with E-state index in [-0.39, 0.29) is 11.6 Å². The van der Waals surface area contributed by atoms with E-state index >= 15 is 0 Å². The molecule has 1 aromatic carbocycles. The molecule has 0 spiro atoms. The van der Waals surface area contributed by atoms with E-state index in [9.17, 15) is 9.18 Å². The predicted octanol–water partition coefficient (Wildman–Crippen LogP) is 6.10. The molecule has 0 saturated heterocycles. The van der Waals surface area contributed by atoms with Crippen LogP contribution in [0.4, 0.5) is 4.39 Å². The zero-order valence-corrected chi connectivity index (χ0v) is 14.4. The SMILES string of the molecule is CCCC(CCC)C(=Cc1cc(C)ccc1F)CC(=O)CC. The molecule has 0 fully saturated rings. The minimum Gasteiger partial charge on any atom is -0.299 e. The topological polar surface area (TPSA) is 17.1 Å². The summed E-state index contributed by atoms with van der Waals surface area (Å²) in [6.07, 6.45) is 7.20. The fourth-order valence-corrected chi connectivity index (χ4v) is 2.85. The molecule has 0 aliphatic rings. The number of hydrogen-bond acceptors (Lipinski definition) is 1. The number of halogens is 1. The molecule has 0 aliphatic heterocycles. The van der Waals surface area contributed by atoms with E-state index in [0.717, 1.165) is 36.8 Å². The first kappa shape index (κ1) is 18.6. The molecule has 1 nitrogen and oxygen atoms in total. The predicted molar refractivity (Wildman–Crippen MR) is 92.3 cm³/mol.